The maximum atomic E-state index is 13.3. The molecule has 0 radical (unpaired) electrons. The van der Waals surface area contributed by atoms with Gasteiger partial charge in [-0.25, -0.2) is 0 Å². The van der Waals surface area contributed by atoms with Gasteiger partial charge in [0.1, 0.15) is 18.1 Å². The first-order chi connectivity index (χ1) is 37.3. The molecule has 442 valence electrons. The largest absolute Gasteiger partial charge is 0.481 e. The molecule has 3 aliphatic heterocycles. The highest BCUT2D eigenvalue weighted by atomic mass is 16.7. The van der Waals surface area contributed by atoms with Gasteiger partial charge in [0.15, 0.2) is 17.9 Å². The fraction of sp³-hybridized carbons (Fsp3) is 0.603. The second-order valence-corrected chi connectivity index (χ2v) is 21.4. The summed E-state index contributed by atoms with van der Waals surface area (Å²) >= 11 is 0. The van der Waals surface area contributed by atoms with Crippen molar-refractivity contribution in [2.45, 2.75) is 201 Å². The van der Waals surface area contributed by atoms with Crippen LogP contribution < -0.4 is 11.5 Å². The van der Waals surface area contributed by atoms with Crippen molar-refractivity contribution in [1.29, 1.82) is 0 Å². The fourth-order valence-electron chi connectivity index (χ4n) is 10.0. The average molecular weight is 1120 g/mol. The van der Waals surface area contributed by atoms with Crippen LogP contribution in [0.2, 0.25) is 0 Å². The Balaban J connectivity index is 1.54. The van der Waals surface area contributed by atoms with Gasteiger partial charge in [-0.2, -0.15) is 0 Å². The number of nitrogens with two attached hydrogens (primary N) is 2. The van der Waals surface area contributed by atoms with Gasteiger partial charge in [0.05, 0.1) is 85.7 Å². The first-order valence-electron chi connectivity index (χ1n) is 27.1. The van der Waals surface area contributed by atoms with Gasteiger partial charge in [-0.3, -0.25) is 14.4 Å². The Morgan fingerprint density at radius 2 is 1.20 bits per heavy atom. The van der Waals surface area contributed by atoms with Gasteiger partial charge < -0.3 is 91.7 Å². The SMILES string of the molecule is CC1/C=C/C=C/C=C/C=C/C=C/C=C/C=C/C(OC2O[C@@H](C)[C@H](O)[C@@H](N)[C@H]2O)CC2OC(O)(CC(O)CC(O)CC(O)CC(O)CC(O)CC(O)CC(=O)OC1C(C)CCC(O)CC(=O)c1ccc(N)cc1)CC(O)C2C(=O)O. The highest BCUT2D eigenvalue weighted by molar-refractivity contribution is 5.96. The Morgan fingerprint density at radius 1 is 0.696 bits per heavy atom. The second-order valence-electron chi connectivity index (χ2n) is 21.4. The zero-order valence-electron chi connectivity index (χ0n) is 45.2. The van der Waals surface area contributed by atoms with E-state index in [1.165, 1.54) is 13.0 Å². The van der Waals surface area contributed by atoms with Gasteiger partial charge in [-0.1, -0.05) is 98.9 Å². The lowest BCUT2D eigenvalue weighted by atomic mass is 9.82. The van der Waals surface area contributed by atoms with E-state index in [2.05, 4.69) is 0 Å². The molecule has 2 bridgehead atoms. The number of hydrogen-bond donors (Lipinski definition) is 14. The molecular formula is C58H86N2O19. The summed E-state index contributed by atoms with van der Waals surface area (Å²) < 4.78 is 23.7. The van der Waals surface area contributed by atoms with E-state index in [0.29, 0.717) is 17.7 Å². The Bertz CT molecular complexity index is 2240. The summed E-state index contributed by atoms with van der Waals surface area (Å²) in [6.45, 7) is 5.23. The molecule has 0 aliphatic carbocycles. The number of fused-ring (bicyclic) bond motifs is 2. The number of allylic oxidation sites excluding steroid dienone is 12. The monoisotopic (exact) mass is 1110 g/mol. The normalized spacial score (nSPS) is 39.3. The molecule has 0 aromatic heterocycles. The van der Waals surface area contributed by atoms with E-state index in [9.17, 15) is 75.7 Å². The smallest absolute Gasteiger partial charge is 0.311 e. The number of aliphatic hydroxyl groups is 11. The van der Waals surface area contributed by atoms with E-state index in [0.717, 1.165) is 0 Å². The Hall–Kier alpha value is -4.79. The number of Topliss-reactive ketones (excluding diaryl/α,β-unsaturated/α-hetero) is 1. The van der Waals surface area contributed by atoms with Gasteiger partial charge >= 0.3 is 11.9 Å². The first kappa shape index (κ1) is 66.7. The van der Waals surface area contributed by atoms with Crippen LogP contribution in [0.5, 0.6) is 0 Å². The number of nitrogen functional groups attached to an aromatic ring is 1. The molecule has 3 aliphatic rings. The molecule has 21 heteroatoms. The van der Waals surface area contributed by atoms with Crippen LogP contribution in [0.25, 0.3) is 0 Å². The van der Waals surface area contributed by atoms with Gasteiger partial charge in [-0.15, -0.1) is 0 Å². The van der Waals surface area contributed by atoms with Gasteiger partial charge in [0.25, 0.3) is 0 Å². The Morgan fingerprint density at radius 3 is 1.75 bits per heavy atom. The highest BCUT2D eigenvalue weighted by Crippen LogP contribution is 2.38. The standard InChI is InChI=1S/C58H86N2O19/c1-34-16-14-12-10-8-6-4-5-7-9-11-13-15-17-46(77-57-54(72)52(60)53(71)36(3)76-57)31-49-51(56(73)74)48(69)33-58(75,79-49)32-45(67)28-43(65)26-41(63)24-40(62)25-42(64)27-44(66)30-50(70)78-55(34)35(2)18-23-39(61)29-47(68)37-19-21-38(59)22-20-37/h4-17,19-22,34-36,39-46,48-49,51-55,57,61-67,69,71-72,75H,18,23-33,59-60H2,1-3H3,(H,73,74)/b5-4+,8-6+,9-7+,12-10+,13-11+,16-14+,17-15+/t34?,35?,36-,39?,40?,41?,42?,43?,44?,45?,46?,48?,49?,51?,52+,53-,54+,55?,57?,58?/m0/s1. The first-order valence-corrected chi connectivity index (χ1v) is 27.1. The van der Waals surface area contributed by atoms with Crippen molar-refractivity contribution in [3.05, 3.63) is 115 Å². The number of esters is 1. The van der Waals surface area contributed by atoms with Crippen molar-refractivity contribution < 1.29 is 94.6 Å². The van der Waals surface area contributed by atoms with Crippen LogP contribution in [0.1, 0.15) is 108 Å². The number of carbonyl (C=O) groups is 3. The number of carboxylic acid groups (broad SMARTS) is 1. The predicted octanol–water partition coefficient (Wildman–Crippen LogP) is 2.08. The van der Waals surface area contributed by atoms with Gasteiger partial charge in [0.2, 0.25) is 0 Å². The molecule has 0 spiro atoms. The van der Waals surface area contributed by atoms with E-state index in [-0.39, 0.29) is 62.6 Å². The minimum absolute atomic E-state index is 0.120. The van der Waals surface area contributed by atoms with Crippen molar-refractivity contribution in [3.8, 4) is 0 Å². The number of ether oxygens (including phenoxy) is 4. The minimum Gasteiger partial charge on any atom is -0.481 e. The quantitative estimate of drug-likeness (QED) is 0.0906. The number of carbonyl (C=O) groups excluding carboxylic acids is 2. The summed E-state index contributed by atoms with van der Waals surface area (Å²) in [5.41, 5.74) is 12.7. The van der Waals surface area contributed by atoms with Crippen LogP contribution in [0.3, 0.4) is 0 Å². The van der Waals surface area contributed by atoms with Crippen molar-refractivity contribution >= 4 is 23.4 Å². The molecule has 0 amide bonds. The molecule has 0 saturated carbocycles. The van der Waals surface area contributed by atoms with E-state index in [4.69, 9.17) is 30.4 Å². The summed E-state index contributed by atoms with van der Waals surface area (Å²) in [6, 6.07) is 5.24. The molecule has 4 rings (SSSR count). The molecule has 79 heavy (non-hydrogen) atoms. The van der Waals surface area contributed by atoms with E-state index < -0.39 is 147 Å². The van der Waals surface area contributed by atoms with Crippen LogP contribution in [0.15, 0.2) is 109 Å². The number of anilines is 1. The zero-order chi connectivity index (χ0) is 58.4. The molecule has 20 atom stereocenters. The van der Waals surface area contributed by atoms with Crippen LogP contribution in [-0.2, 0) is 28.5 Å². The number of benzene rings is 1. The molecule has 1 aromatic rings. The molecule has 2 saturated heterocycles. The Kier molecular flexibility index (Phi) is 28.0. The number of aliphatic carboxylic acids is 1. The summed E-state index contributed by atoms with van der Waals surface area (Å²) in [4.78, 5) is 38.7. The average Bonchev–Trinajstić information content (AvgIpc) is 3.35. The summed E-state index contributed by atoms with van der Waals surface area (Å²) in [5, 5.41) is 130. The topological polar surface area (TPSA) is 383 Å². The van der Waals surface area contributed by atoms with Crippen LogP contribution >= 0.6 is 0 Å². The lowest BCUT2D eigenvalue weighted by Crippen LogP contribution is -2.61. The summed E-state index contributed by atoms with van der Waals surface area (Å²) in [5.74, 6) is -7.07. The number of ketones is 1. The van der Waals surface area contributed by atoms with Crippen LogP contribution in [-0.4, -0.2) is 183 Å². The van der Waals surface area contributed by atoms with Crippen molar-refractivity contribution in [3.63, 3.8) is 0 Å². The molecule has 16 N–H and O–H groups in total. The number of hydrogen-bond acceptors (Lipinski definition) is 20. The van der Waals surface area contributed by atoms with Crippen molar-refractivity contribution in [2.75, 3.05) is 5.73 Å². The molecule has 3 heterocycles. The van der Waals surface area contributed by atoms with Crippen LogP contribution in [0, 0.1) is 17.8 Å². The maximum Gasteiger partial charge on any atom is 0.311 e. The third-order valence-corrected chi connectivity index (χ3v) is 14.3. The molecule has 21 nitrogen and oxygen atoms in total. The van der Waals surface area contributed by atoms with Crippen molar-refractivity contribution in [1.82, 2.24) is 0 Å². The fourth-order valence-corrected chi connectivity index (χ4v) is 10.0. The third kappa shape index (κ3) is 23.3. The lowest BCUT2D eigenvalue weighted by molar-refractivity contribution is -0.308. The number of cyclic esters (lactones) is 1. The van der Waals surface area contributed by atoms with Crippen LogP contribution in [0.4, 0.5) is 5.69 Å². The zero-order valence-corrected chi connectivity index (χ0v) is 45.2. The number of carboxylic acids is 1. The predicted molar refractivity (Wildman–Crippen MR) is 291 cm³/mol. The van der Waals surface area contributed by atoms with Gasteiger partial charge in [-0.05, 0) is 82.1 Å². The van der Waals surface area contributed by atoms with E-state index in [1.807, 2.05) is 19.9 Å². The molecular weight excluding hydrogens is 1030 g/mol. The molecule has 1 aromatic carbocycles. The number of aliphatic hydroxyl groups excluding tert-OH is 10. The second kappa shape index (κ2) is 33.2. The third-order valence-electron chi connectivity index (χ3n) is 14.3. The summed E-state index contributed by atoms with van der Waals surface area (Å²) in [7, 11) is 0. The van der Waals surface area contributed by atoms with E-state index >= 15 is 0 Å². The molecule has 2 fully saturated rings. The maximum absolute atomic E-state index is 13.3. The Labute approximate surface area is 462 Å². The minimum atomic E-state index is -2.33. The summed E-state index contributed by atoms with van der Waals surface area (Å²) in [6.07, 6.45) is 1.42. The van der Waals surface area contributed by atoms with Gasteiger partial charge in [0, 0.05) is 42.9 Å². The number of rotatable bonds is 10. The molecule has 16 unspecified atom stereocenters. The van der Waals surface area contributed by atoms with E-state index in [1.54, 1.807) is 97.2 Å². The highest BCUT2D eigenvalue weighted by Gasteiger charge is 2.51. The van der Waals surface area contributed by atoms with Crippen molar-refractivity contribution in [2.24, 2.45) is 23.5 Å². The lowest BCUT2D eigenvalue weighted by Gasteiger charge is -2.45.